The molecule has 0 aliphatic carbocycles. The molecule has 3 aromatic carbocycles. The van der Waals surface area contributed by atoms with Gasteiger partial charge in [-0.25, -0.2) is 0 Å². The van der Waals surface area contributed by atoms with E-state index in [0.29, 0.717) is 12.2 Å². The summed E-state index contributed by atoms with van der Waals surface area (Å²) >= 11 is 1.76. The first-order chi connectivity index (χ1) is 17.7. The van der Waals surface area contributed by atoms with Crippen molar-refractivity contribution in [3.63, 3.8) is 0 Å². The summed E-state index contributed by atoms with van der Waals surface area (Å²) in [6.45, 7) is 2.36. The molecule has 0 radical (unpaired) electrons. The van der Waals surface area contributed by atoms with E-state index in [1.807, 2.05) is 18.3 Å². The van der Waals surface area contributed by atoms with Crippen molar-refractivity contribution in [2.45, 2.75) is 23.8 Å². The Bertz CT molecular complexity index is 1410. The van der Waals surface area contributed by atoms with Crippen LogP contribution in [0.4, 0.5) is 4.39 Å². The monoisotopic (exact) mass is 500 g/mol. The number of likely N-dealkylation sites (tertiary alicyclic amines) is 1. The molecule has 0 unspecified atom stereocenters. The number of nitrogens with zero attached hydrogens (tertiary/aromatic N) is 1. The standard InChI is InChI=1S/C30H29FN2O2S/c31-12-1-14-33-15-11-25(18-33)35-24-6-2-20(3-7-24)30-26-8-5-23(34)17-29(26)36-19-27(30)21-4-9-28-22(16-21)10-13-32-28/h2-10,13,16-17,25,32,34H,1,11-12,14-15,18-19H2/t25-/m0/s1. The predicted octanol–water partition coefficient (Wildman–Crippen LogP) is 6.75. The number of rotatable bonds is 7. The van der Waals surface area contributed by atoms with Gasteiger partial charge in [-0.3, -0.25) is 9.29 Å². The lowest BCUT2D eigenvalue weighted by molar-refractivity contribution is 0.198. The first-order valence-electron chi connectivity index (χ1n) is 12.5. The van der Waals surface area contributed by atoms with Crippen LogP contribution >= 0.6 is 11.8 Å². The van der Waals surface area contributed by atoms with E-state index in [9.17, 15) is 9.50 Å². The minimum Gasteiger partial charge on any atom is -0.508 e. The molecule has 1 atom stereocenters. The Hall–Kier alpha value is -3.22. The van der Waals surface area contributed by atoms with Crippen LogP contribution in [-0.2, 0) is 0 Å². The van der Waals surface area contributed by atoms with E-state index in [2.05, 4.69) is 58.4 Å². The van der Waals surface area contributed by atoms with Gasteiger partial charge in [-0.05, 0) is 94.6 Å². The number of benzene rings is 3. The molecule has 2 aliphatic rings. The molecular formula is C30H29FN2O2S. The second-order valence-corrected chi connectivity index (χ2v) is 10.5. The third kappa shape index (κ3) is 4.63. The average Bonchev–Trinajstić information content (AvgIpc) is 3.56. The maximum Gasteiger partial charge on any atom is 0.119 e. The number of nitrogens with one attached hydrogen (secondary N) is 1. The van der Waals surface area contributed by atoms with Crippen molar-refractivity contribution in [1.82, 2.24) is 9.88 Å². The highest BCUT2D eigenvalue weighted by Gasteiger charge is 2.25. The first-order valence-corrected chi connectivity index (χ1v) is 13.5. The van der Waals surface area contributed by atoms with Gasteiger partial charge in [-0.1, -0.05) is 18.2 Å². The van der Waals surface area contributed by atoms with E-state index < -0.39 is 0 Å². The lowest BCUT2D eigenvalue weighted by Gasteiger charge is -2.24. The van der Waals surface area contributed by atoms with Gasteiger partial charge in [0, 0.05) is 42.0 Å². The van der Waals surface area contributed by atoms with Gasteiger partial charge in [0.05, 0.1) is 6.67 Å². The summed E-state index contributed by atoms with van der Waals surface area (Å²) in [4.78, 5) is 6.65. The zero-order chi connectivity index (χ0) is 24.5. The second kappa shape index (κ2) is 10.0. The molecule has 184 valence electrons. The van der Waals surface area contributed by atoms with Crippen molar-refractivity contribution in [2.75, 3.05) is 32.1 Å². The molecule has 0 bridgehead atoms. The number of hydrogen-bond donors (Lipinski definition) is 2. The maximum absolute atomic E-state index is 12.5. The van der Waals surface area contributed by atoms with Crippen LogP contribution in [0.25, 0.3) is 22.0 Å². The third-order valence-corrected chi connectivity index (χ3v) is 8.17. The topological polar surface area (TPSA) is 48.5 Å². The van der Waals surface area contributed by atoms with Crippen LogP contribution in [-0.4, -0.2) is 53.2 Å². The van der Waals surface area contributed by atoms with Crippen molar-refractivity contribution in [1.29, 1.82) is 0 Å². The van der Waals surface area contributed by atoms with Crippen LogP contribution in [0.3, 0.4) is 0 Å². The van der Waals surface area contributed by atoms with E-state index in [4.69, 9.17) is 4.74 Å². The summed E-state index contributed by atoms with van der Waals surface area (Å²) in [7, 11) is 0. The van der Waals surface area contributed by atoms with Crippen LogP contribution in [0.5, 0.6) is 11.5 Å². The zero-order valence-corrected chi connectivity index (χ0v) is 20.9. The molecule has 1 saturated heterocycles. The van der Waals surface area contributed by atoms with E-state index in [1.165, 1.54) is 22.1 Å². The lowest BCUT2D eigenvalue weighted by atomic mass is 9.89. The number of halogens is 1. The smallest absolute Gasteiger partial charge is 0.119 e. The van der Waals surface area contributed by atoms with Gasteiger partial charge in [0.15, 0.2) is 0 Å². The maximum atomic E-state index is 12.5. The third-order valence-electron chi connectivity index (χ3n) is 7.09. The summed E-state index contributed by atoms with van der Waals surface area (Å²) in [5.41, 5.74) is 7.10. The van der Waals surface area contributed by atoms with E-state index in [1.54, 1.807) is 17.8 Å². The number of fused-ring (bicyclic) bond motifs is 2. The van der Waals surface area contributed by atoms with E-state index >= 15 is 0 Å². The molecule has 36 heavy (non-hydrogen) atoms. The number of H-pyrrole nitrogens is 1. The SMILES string of the molecule is Oc1ccc2c(c1)SCC(c1ccc3[nH]ccc3c1)=C2c1ccc(O[C@H]2CCN(CCCF)C2)cc1. The van der Waals surface area contributed by atoms with Crippen molar-refractivity contribution in [2.24, 2.45) is 0 Å². The van der Waals surface area contributed by atoms with Gasteiger partial charge in [-0.15, -0.1) is 11.8 Å². The number of aromatic hydroxyl groups is 1. The minimum absolute atomic E-state index is 0.146. The molecule has 4 nitrogen and oxygen atoms in total. The normalized spacial score (nSPS) is 18.1. The molecule has 0 saturated carbocycles. The Morgan fingerprint density at radius 2 is 1.89 bits per heavy atom. The fourth-order valence-corrected chi connectivity index (χ4v) is 6.43. The van der Waals surface area contributed by atoms with Crippen LogP contribution in [0.2, 0.25) is 0 Å². The number of ether oxygens (including phenoxy) is 1. The first kappa shape index (κ1) is 23.2. The highest BCUT2D eigenvalue weighted by molar-refractivity contribution is 7.99. The van der Waals surface area contributed by atoms with Crippen molar-refractivity contribution in [3.05, 3.63) is 89.6 Å². The van der Waals surface area contributed by atoms with Crippen LogP contribution < -0.4 is 4.74 Å². The summed E-state index contributed by atoms with van der Waals surface area (Å²) in [6, 6.07) is 22.7. The fourth-order valence-electron chi connectivity index (χ4n) is 5.29. The lowest BCUT2D eigenvalue weighted by Crippen LogP contribution is -2.26. The van der Waals surface area contributed by atoms with Crippen molar-refractivity contribution in [3.8, 4) is 11.5 Å². The summed E-state index contributed by atoms with van der Waals surface area (Å²) in [6.07, 6.45) is 3.68. The van der Waals surface area contributed by atoms with Gasteiger partial charge < -0.3 is 14.8 Å². The van der Waals surface area contributed by atoms with E-state index in [0.717, 1.165) is 59.1 Å². The molecule has 3 heterocycles. The molecule has 4 aromatic rings. The summed E-state index contributed by atoms with van der Waals surface area (Å²) in [5, 5.41) is 11.3. The number of phenolic OH excluding ortho intramolecular Hbond substituents is 1. The number of aromatic nitrogens is 1. The zero-order valence-electron chi connectivity index (χ0n) is 20.0. The highest BCUT2D eigenvalue weighted by atomic mass is 32.2. The number of thioether (sulfide) groups is 1. The Balaban J connectivity index is 1.32. The average molecular weight is 501 g/mol. The fraction of sp³-hybridized carbons (Fsp3) is 0.267. The number of alkyl halides is 1. The van der Waals surface area contributed by atoms with Crippen LogP contribution in [0.1, 0.15) is 29.5 Å². The second-order valence-electron chi connectivity index (χ2n) is 9.50. The Labute approximate surface area is 214 Å². The molecule has 2 aliphatic heterocycles. The molecule has 2 N–H and O–H groups in total. The highest BCUT2D eigenvalue weighted by Crippen LogP contribution is 2.45. The molecule has 0 amide bonds. The van der Waals surface area contributed by atoms with Crippen molar-refractivity contribution >= 4 is 33.8 Å². The van der Waals surface area contributed by atoms with Gasteiger partial charge in [0.1, 0.15) is 17.6 Å². The molecule has 1 aromatic heterocycles. The van der Waals surface area contributed by atoms with Gasteiger partial charge in [-0.2, -0.15) is 0 Å². The Morgan fingerprint density at radius 3 is 2.75 bits per heavy atom. The van der Waals surface area contributed by atoms with Crippen LogP contribution in [0.15, 0.2) is 77.8 Å². The van der Waals surface area contributed by atoms with Crippen LogP contribution in [0, 0.1) is 0 Å². The Kier molecular flexibility index (Phi) is 6.46. The van der Waals surface area contributed by atoms with Gasteiger partial charge in [0.25, 0.3) is 0 Å². The molecule has 0 spiro atoms. The molecule has 6 heteroatoms. The predicted molar refractivity (Wildman–Crippen MR) is 146 cm³/mol. The summed E-state index contributed by atoms with van der Waals surface area (Å²) < 4.78 is 18.8. The number of aromatic amines is 1. The molecule has 1 fully saturated rings. The number of phenols is 1. The van der Waals surface area contributed by atoms with Gasteiger partial charge >= 0.3 is 0 Å². The van der Waals surface area contributed by atoms with Crippen molar-refractivity contribution < 1.29 is 14.2 Å². The Morgan fingerprint density at radius 1 is 1.03 bits per heavy atom. The summed E-state index contributed by atoms with van der Waals surface area (Å²) in [5.74, 6) is 1.98. The van der Waals surface area contributed by atoms with E-state index in [-0.39, 0.29) is 12.8 Å². The largest absolute Gasteiger partial charge is 0.508 e. The molecular weight excluding hydrogens is 471 g/mol. The molecule has 6 rings (SSSR count). The quantitative estimate of drug-likeness (QED) is 0.295. The van der Waals surface area contributed by atoms with Gasteiger partial charge in [0.2, 0.25) is 0 Å². The number of hydrogen-bond acceptors (Lipinski definition) is 4. The minimum atomic E-state index is -0.262.